The largest absolute Gasteiger partial charge is 0.327 e. The van der Waals surface area contributed by atoms with Crippen LogP contribution in [0.5, 0.6) is 0 Å². The van der Waals surface area contributed by atoms with Crippen LogP contribution in [0.4, 0.5) is 8.78 Å². The second kappa shape index (κ2) is 6.21. The third kappa shape index (κ3) is 4.10. The molecule has 0 spiro atoms. The van der Waals surface area contributed by atoms with Gasteiger partial charge in [-0.05, 0) is 23.8 Å². The quantitative estimate of drug-likeness (QED) is 0.863. The van der Waals surface area contributed by atoms with Crippen LogP contribution in [0.1, 0.15) is 19.4 Å². The van der Waals surface area contributed by atoms with E-state index in [1.165, 1.54) is 18.2 Å². The summed E-state index contributed by atoms with van der Waals surface area (Å²) in [6.45, 7) is 4.14. The molecule has 0 aliphatic heterocycles. The Bertz CT molecular complexity index is 322. The minimum atomic E-state index is -0.509. The summed E-state index contributed by atoms with van der Waals surface area (Å²) in [6.07, 6.45) is 0.248. The molecule has 0 aliphatic rings. The van der Waals surface area contributed by atoms with Crippen molar-refractivity contribution in [2.45, 2.75) is 31.6 Å². The van der Waals surface area contributed by atoms with Gasteiger partial charge in [0.25, 0.3) is 0 Å². The minimum absolute atomic E-state index is 0.0966. The highest BCUT2D eigenvalue weighted by Gasteiger charge is 2.13. The fourth-order valence-electron chi connectivity index (χ4n) is 1.36. The molecule has 1 nitrogen and oxygen atoms in total. The molecule has 1 aromatic rings. The molecule has 0 saturated heterocycles. The predicted molar refractivity (Wildman–Crippen MR) is 65.6 cm³/mol. The Morgan fingerprint density at radius 2 is 1.81 bits per heavy atom. The van der Waals surface area contributed by atoms with Gasteiger partial charge in [-0.15, -0.1) is 0 Å². The van der Waals surface area contributed by atoms with E-state index >= 15 is 0 Å². The highest BCUT2D eigenvalue weighted by molar-refractivity contribution is 7.99. The summed E-state index contributed by atoms with van der Waals surface area (Å²) in [5.74, 6) is -0.305. The van der Waals surface area contributed by atoms with Gasteiger partial charge < -0.3 is 5.73 Å². The SMILES string of the molecule is CC(C)SCC(N)Cc1c(F)cccc1F. The van der Waals surface area contributed by atoms with Gasteiger partial charge in [0.15, 0.2) is 0 Å². The maximum atomic E-state index is 13.3. The standard InChI is InChI=1S/C12H17F2NS/c1-8(2)16-7-9(15)6-10-11(13)4-3-5-12(10)14/h3-5,8-9H,6-7,15H2,1-2H3. The molecule has 1 atom stereocenters. The molecule has 1 rings (SSSR count). The molecule has 4 heteroatoms. The summed E-state index contributed by atoms with van der Waals surface area (Å²) in [5.41, 5.74) is 5.93. The van der Waals surface area contributed by atoms with Gasteiger partial charge in [-0.3, -0.25) is 0 Å². The third-order valence-corrected chi connectivity index (χ3v) is 3.46. The smallest absolute Gasteiger partial charge is 0.129 e. The second-order valence-electron chi connectivity index (χ2n) is 4.05. The average Bonchev–Trinajstić information content (AvgIpc) is 2.21. The Morgan fingerprint density at radius 1 is 1.25 bits per heavy atom. The van der Waals surface area contributed by atoms with Crippen LogP contribution < -0.4 is 5.73 Å². The molecule has 2 N–H and O–H groups in total. The molecule has 1 aromatic carbocycles. The van der Waals surface area contributed by atoms with Crippen molar-refractivity contribution in [3.63, 3.8) is 0 Å². The van der Waals surface area contributed by atoms with Gasteiger partial charge in [-0.1, -0.05) is 19.9 Å². The van der Waals surface area contributed by atoms with E-state index in [-0.39, 0.29) is 18.0 Å². The summed E-state index contributed by atoms with van der Waals surface area (Å²) in [6, 6.07) is 3.68. The summed E-state index contributed by atoms with van der Waals surface area (Å²) >= 11 is 1.70. The lowest BCUT2D eigenvalue weighted by atomic mass is 10.1. The van der Waals surface area contributed by atoms with Gasteiger partial charge in [0.1, 0.15) is 11.6 Å². The van der Waals surface area contributed by atoms with E-state index in [0.29, 0.717) is 11.0 Å². The molecule has 0 radical (unpaired) electrons. The number of nitrogens with two attached hydrogens (primary N) is 1. The number of hydrogen-bond acceptors (Lipinski definition) is 2. The molecule has 0 heterocycles. The first-order valence-corrected chi connectivity index (χ1v) is 6.35. The Morgan fingerprint density at radius 3 is 2.31 bits per heavy atom. The fraction of sp³-hybridized carbons (Fsp3) is 0.500. The molecule has 90 valence electrons. The van der Waals surface area contributed by atoms with E-state index in [0.717, 1.165) is 0 Å². The van der Waals surface area contributed by atoms with Crippen LogP contribution in [0, 0.1) is 11.6 Å². The number of benzene rings is 1. The lowest BCUT2D eigenvalue weighted by Crippen LogP contribution is -2.27. The molecule has 0 bridgehead atoms. The Balaban J connectivity index is 2.59. The van der Waals surface area contributed by atoms with Crippen molar-refractivity contribution < 1.29 is 8.78 Å². The first-order chi connectivity index (χ1) is 7.50. The first kappa shape index (κ1) is 13.5. The van der Waals surface area contributed by atoms with E-state index in [4.69, 9.17) is 5.73 Å². The summed E-state index contributed by atoms with van der Waals surface area (Å²) in [7, 11) is 0. The highest BCUT2D eigenvalue weighted by Crippen LogP contribution is 2.16. The van der Waals surface area contributed by atoms with Crippen molar-refractivity contribution in [3.05, 3.63) is 35.4 Å². The van der Waals surface area contributed by atoms with Crippen LogP contribution in [0.15, 0.2) is 18.2 Å². The monoisotopic (exact) mass is 245 g/mol. The average molecular weight is 245 g/mol. The van der Waals surface area contributed by atoms with Crippen LogP contribution in [0.25, 0.3) is 0 Å². The zero-order valence-corrected chi connectivity index (χ0v) is 10.4. The van der Waals surface area contributed by atoms with Gasteiger partial charge in [0, 0.05) is 17.4 Å². The zero-order chi connectivity index (χ0) is 12.1. The van der Waals surface area contributed by atoms with E-state index < -0.39 is 11.6 Å². The van der Waals surface area contributed by atoms with Crippen LogP contribution >= 0.6 is 11.8 Å². The number of thioether (sulfide) groups is 1. The number of rotatable bonds is 5. The van der Waals surface area contributed by atoms with Crippen molar-refractivity contribution in [1.82, 2.24) is 0 Å². The maximum absolute atomic E-state index is 13.3. The van der Waals surface area contributed by atoms with E-state index in [9.17, 15) is 8.78 Å². The molecule has 0 aromatic heterocycles. The van der Waals surface area contributed by atoms with Gasteiger partial charge in [0.05, 0.1) is 0 Å². The van der Waals surface area contributed by atoms with Crippen molar-refractivity contribution in [2.24, 2.45) is 5.73 Å². The molecule has 16 heavy (non-hydrogen) atoms. The molecule has 0 saturated carbocycles. The second-order valence-corrected chi connectivity index (χ2v) is 5.66. The van der Waals surface area contributed by atoms with Crippen LogP contribution in [0.3, 0.4) is 0 Å². The predicted octanol–water partition coefficient (Wildman–Crippen LogP) is 2.98. The highest BCUT2D eigenvalue weighted by atomic mass is 32.2. The van der Waals surface area contributed by atoms with Crippen molar-refractivity contribution >= 4 is 11.8 Å². The van der Waals surface area contributed by atoms with Gasteiger partial charge in [-0.25, -0.2) is 8.78 Å². The Kier molecular flexibility index (Phi) is 5.22. The summed E-state index contributed by atoms with van der Waals surface area (Å²) in [5, 5.41) is 0.483. The van der Waals surface area contributed by atoms with Crippen LogP contribution in [0.2, 0.25) is 0 Å². The summed E-state index contributed by atoms with van der Waals surface area (Å²) in [4.78, 5) is 0. The number of hydrogen-bond donors (Lipinski definition) is 1. The Hall–Kier alpha value is -0.610. The molecule has 0 amide bonds. The van der Waals surface area contributed by atoms with E-state index in [1.54, 1.807) is 11.8 Å². The van der Waals surface area contributed by atoms with Gasteiger partial charge >= 0.3 is 0 Å². The molecule has 0 fully saturated rings. The van der Waals surface area contributed by atoms with E-state index in [1.807, 2.05) is 0 Å². The fourth-order valence-corrected chi connectivity index (χ4v) is 2.11. The zero-order valence-electron chi connectivity index (χ0n) is 9.54. The maximum Gasteiger partial charge on any atom is 0.129 e. The van der Waals surface area contributed by atoms with Gasteiger partial charge in [0.2, 0.25) is 0 Å². The van der Waals surface area contributed by atoms with Crippen molar-refractivity contribution in [1.29, 1.82) is 0 Å². The van der Waals surface area contributed by atoms with Crippen molar-refractivity contribution in [2.75, 3.05) is 5.75 Å². The normalized spacial score (nSPS) is 13.1. The summed E-state index contributed by atoms with van der Waals surface area (Å²) < 4.78 is 26.6. The van der Waals surface area contributed by atoms with Crippen LogP contribution in [-0.2, 0) is 6.42 Å². The lowest BCUT2D eigenvalue weighted by molar-refractivity contribution is 0.543. The Labute approximate surface area is 99.4 Å². The lowest BCUT2D eigenvalue weighted by Gasteiger charge is -2.13. The molecular weight excluding hydrogens is 228 g/mol. The van der Waals surface area contributed by atoms with E-state index in [2.05, 4.69) is 13.8 Å². The molecule has 0 aliphatic carbocycles. The molecule has 1 unspecified atom stereocenters. The minimum Gasteiger partial charge on any atom is -0.327 e. The van der Waals surface area contributed by atoms with Crippen molar-refractivity contribution in [3.8, 4) is 0 Å². The van der Waals surface area contributed by atoms with Crippen LogP contribution in [-0.4, -0.2) is 17.0 Å². The third-order valence-electron chi connectivity index (χ3n) is 2.17. The number of halogens is 2. The molecular formula is C12H17F2NS. The van der Waals surface area contributed by atoms with Gasteiger partial charge in [-0.2, -0.15) is 11.8 Å². The first-order valence-electron chi connectivity index (χ1n) is 5.30. The topological polar surface area (TPSA) is 26.0 Å².